The van der Waals surface area contributed by atoms with Crippen LogP contribution in [-0.2, 0) is 0 Å². The van der Waals surface area contributed by atoms with E-state index in [0.717, 1.165) is 10.6 Å². The van der Waals surface area contributed by atoms with Gasteiger partial charge in [0.25, 0.3) is 0 Å². The first-order valence-electron chi connectivity index (χ1n) is 5.95. The highest BCUT2D eigenvalue weighted by molar-refractivity contribution is 7.19. The Hall–Kier alpha value is -1.25. The van der Waals surface area contributed by atoms with Gasteiger partial charge in [-0.2, -0.15) is 0 Å². The van der Waals surface area contributed by atoms with E-state index >= 15 is 0 Å². The molecule has 1 N–H and O–H groups in total. The Morgan fingerprint density at radius 1 is 1.22 bits per heavy atom. The number of allylic oxidation sites excluding steroid dienone is 2. The van der Waals surface area contributed by atoms with Crippen molar-refractivity contribution in [3.8, 4) is 0 Å². The fourth-order valence-electron chi connectivity index (χ4n) is 2.31. The number of halogens is 1. The lowest BCUT2D eigenvalue weighted by Crippen LogP contribution is -2.19. The lowest BCUT2D eigenvalue weighted by Gasteiger charge is -2.21. The van der Waals surface area contributed by atoms with Gasteiger partial charge in [0.2, 0.25) is 0 Å². The van der Waals surface area contributed by atoms with Gasteiger partial charge in [-0.3, -0.25) is 0 Å². The molecule has 1 aromatic carbocycles. The smallest absolute Gasteiger partial charge is 0.0969 e. The van der Waals surface area contributed by atoms with E-state index in [1.807, 2.05) is 23.6 Å². The molecular formula is C15H14ClNS. The molecule has 1 aliphatic heterocycles. The molecule has 0 bridgehead atoms. The van der Waals surface area contributed by atoms with Gasteiger partial charge in [0, 0.05) is 14.6 Å². The first kappa shape index (κ1) is 11.8. The second-order valence-corrected chi connectivity index (χ2v) is 6.04. The predicted octanol–water partition coefficient (Wildman–Crippen LogP) is 4.88. The normalized spacial score (nSPS) is 19.4. The van der Waals surface area contributed by atoms with E-state index in [-0.39, 0.29) is 6.04 Å². The van der Waals surface area contributed by atoms with E-state index in [4.69, 9.17) is 11.6 Å². The number of aryl methyl sites for hydroxylation is 1. The molecular weight excluding hydrogens is 262 g/mol. The third-order valence-corrected chi connectivity index (χ3v) is 5.22. The second kappa shape index (κ2) is 4.45. The highest BCUT2D eigenvalue weighted by Gasteiger charge is 2.22. The average Bonchev–Trinajstić information content (AvgIpc) is 2.71. The largest absolute Gasteiger partial charge is 0.379 e. The number of hydrogen-bond donors (Lipinski definition) is 1. The van der Waals surface area contributed by atoms with Crippen molar-refractivity contribution in [2.75, 3.05) is 0 Å². The first-order chi connectivity index (χ1) is 8.68. The molecule has 92 valence electrons. The molecule has 1 aromatic heterocycles. The Morgan fingerprint density at radius 3 is 2.78 bits per heavy atom. The van der Waals surface area contributed by atoms with Gasteiger partial charge in [0.1, 0.15) is 0 Å². The van der Waals surface area contributed by atoms with Crippen LogP contribution >= 0.6 is 22.9 Å². The molecule has 1 atom stereocenters. The van der Waals surface area contributed by atoms with Crippen LogP contribution in [0.2, 0.25) is 0 Å². The van der Waals surface area contributed by atoms with Gasteiger partial charge < -0.3 is 5.32 Å². The van der Waals surface area contributed by atoms with Crippen LogP contribution in [0.25, 0.3) is 10.1 Å². The van der Waals surface area contributed by atoms with Gasteiger partial charge >= 0.3 is 0 Å². The van der Waals surface area contributed by atoms with Crippen LogP contribution in [0.1, 0.15) is 23.4 Å². The van der Waals surface area contributed by atoms with Crippen molar-refractivity contribution in [1.82, 2.24) is 5.32 Å². The summed E-state index contributed by atoms with van der Waals surface area (Å²) in [4.78, 5) is 1.31. The summed E-state index contributed by atoms with van der Waals surface area (Å²) < 4.78 is 1.32. The summed E-state index contributed by atoms with van der Waals surface area (Å²) in [6, 6.07) is 8.61. The monoisotopic (exact) mass is 275 g/mol. The number of dihydropyridines is 1. The number of nitrogens with one attached hydrogen (secondary N) is 1. The van der Waals surface area contributed by atoms with Crippen LogP contribution in [0.5, 0.6) is 0 Å². The van der Waals surface area contributed by atoms with Gasteiger partial charge in [0.15, 0.2) is 0 Å². The molecule has 0 radical (unpaired) electrons. The topological polar surface area (TPSA) is 12.0 Å². The number of hydrogen-bond acceptors (Lipinski definition) is 2. The fraction of sp³-hybridized carbons (Fsp3) is 0.200. The minimum absolute atomic E-state index is 0.106. The molecule has 1 unspecified atom stereocenters. The summed E-state index contributed by atoms with van der Waals surface area (Å²) in [7, 11) is 0. The van der Waals surface area contributed by atoms with Gasteiger partial charge in [-0.1, -0.05) is 29.8 Å². The maximum atomic E-state index is 6.44. The zero-order valence-electron chi connectivity index (χ0n) is 10.3. The standard InChI is InChI=1S/C15H14ClNS/c1-9-7-8-17-14(13(9)16)15-10(2)11-5-3-4-6-12(11)18-15/h3-8,14,17H,1-2H3. The molecule has 0 saturated heterocycles. The number of benzene rings is 1. The average molecular weight is 276 g/mol. The zero-order valence-corrected chi connectivity index (χ0v) is 11.9. The summed E-state index contributed by atoms with van der Waals surface area (Å²) in [6.45, 7) is 4.23. The SMILES string of the molecule is CC1=C(Cl)C(c2sc3ccccc3c2C)NC=C1. The third kappa shape index (κ3) is 1.76. The summed E-state index contributed by atoms with van der Waals surface area (Å²) >= 11 is 8.26. The number of rotatable bonds is 1. The third-order valence-electron chi connectivity index (χ3n) is 3.37. The first-order valence-corrected chi connectivity index (χ1v) is 7.15. The Bertz CT molecular complexity index is 666. The van der Waals surface area contributed by atoms with Gasteiger partial charge in [-0.25, -0.2) is 0 Å². The van der Waals surface area contributed by atoms with E-state index in [2.05, 4.69) is 43.4 Å². The van der Waals surface area contributed by atoms with Crippen molar-refractivity contribution in [3.05, 3.63) is 57.6 Å². The highest BCUT2D eigenvalue weighted by atomic mass is 35.5. The predicted molar refractivity (Wildman–Crippen MR) is 80.1 cm³/mol. The summed E-state index contributed by atoms with van der Waals surface area (Å²) in [5.74, 6) is 0. The van der Waals surface area contributed by atoms with Gasteiger partial charge in [0.05, 0.1) is 6.04 Å². The Morgan fingerprint density at radius 2 is 2.00 bits per heavy atom. The lowest BCUT2D eigenvalue weighted by molar-refractivity contribution is 0.735. The summed E-state index contributed by atoms with van der Waals surface area (Å²) in [5, 5.41) is 5.58. The fourth-order valence-corrected chi connectivity index (χ4v) is 3.89. The Balaban J connectivity index is 2.16. The van der Waals surface area contributed by atoms with Crippen LogP contribution in [0.3, 0.4) is 0 Å². The van der Waals surface area contributed by atoms with Crippen molar-refractivity contribution in [3.63, 3.8) is 0 Å². The highest BCUT2D eigenvalue weighted by Crippen LogP contribution is 2.40. The molecule has 0 aliphatic carbocycles. The van der Waals surface area contributed by atoms with Crippen LogP contribution in [0, 0.1) is 6.92 Å². The van der Waals surface area contributed by atoms with Crippen LogP contribution < -0.4 is 5.32 Å². The van der Waals surface area contributed by atoms with Crippen LogP contribution in [0.4, 0.5) is 0 Å². The molecule has 0 spiro atoms. The maximum absolute atomic E-state index is 6.44. The van der Waals surface area contributed by atoms with Crippen molar-refractivity contribution < 1.29 is 0 Å². The number of thiophene rings is 1. The molecule has 3 heteroatoms. The van der Waals surface area contributed by atoms with Crippen molar-refractivity contribution in [2.24, 2.45) is 0 Å². The van der Waals surface area contributed by atoms with E-state index in [1.54, 1.807) is 0 Å². The summed E-state index contributed by atoms with van der Waals surface area (Å²) in [5.41, 5.74) is 2.46. The molecule has 2 heterocycles. The molecule has 0 amide bonds. The molecule has 1 aliphatic rings. The Labute approximate surface area is 116 Å². The van der Waals surface area contributed by atoms with Crippen molar-refractivity contribution >= 4 is 33.0 Å². The van der Waals surface area contributed by atoms with Crippen LogP contribution in [-0.4, -0.2) is 0 Å². The van der Waals surface area contributed by atoms with Crippen LogP contribution in [0.15, 0.2) is 47.1 Å². The number of fused-ring (bicyclic) bond motifs is 1. The van der Waals surface area contributed by atoms with E-state index in [9.17, 15) is 0 Å². The molecule has 3 rings (SSSR count). The molecule has 18 heavy (non-hydrogen) atoms. The minimum atomic E-state index is 0.106. The lowest BCUT2D eigenvalue weighted by atomic mass is 10.0. The molecule has 0 saturated carbocycles. The molecule has 0 fully saturated rings. The molecule has 2 aromatic rings. The second-order valence-electron chi connectivity index (χ2n) is 4.55. The zero-order chi connectivity index (χ0) is 12.7. The van der Waals surface area contributed by atoms with E-state index < -0.39 is 0 Å². The summed E-state index contributed by atoms with van der Waals surface area (Å²) in [6.07, 6.45) is 4.00. The van der Waals surface area contributed by atoms with E-state index in [0.29, 0.717) is 0 Å². The maximum Gasteiger partial charge on any atom is 0.0969 e. The van der Waals surface area contributed by atoms with Crippen molar-refractivity contribution in [1.29, 1.82) is 0 Å². The van der Waals surface area contributed by atoms with E-state index in [1.165, 1.54) is 20.5 Å². The van der Waals surface area contributed by atoms with Gasteiger partial charge in [-0.15, -0.1) is 11.3 Å². The van der Waals surface area contributed by atoms with Gasteiger partial charge in [-0.05, 0) is 48.7 Å². The molecule has 1 nitrogen and oxygen atoms in total. The van der Waals surface area contributed by atoms with Crippen molar-refractivity contribution in [2.45, 2.75) is 19.9 Å². The quantitative estimate of drug-likeness (QED) is 0.782. The minimum Gasteiger partial charge on any atom is -0.379 e. The Kier molecular flexibility index (Phi) is 2.92.